The molecule has 0 radical (unpaired) electrons. The van der Waals surface area contributed by atoms with Crippen molar-refractivity contribution >= 4 is 11.7 Å². The second-order valence-electron chi connectivity index (χ2n) is 5.92. The molecule has 6 nitrogen and oxygen atoms in total. The van der Waals surface area contributed by atoms with Crippen LogP contribution in [-0.2, 0) is 13.0 Å². The number of primary amides is 1. The summed E-state index contributed by atoms with van der Waals surface area (Å²) in [5.74, 6) is -0.586. The summed E-state index contributed by atoms with van der Waals surface area (Å²) in [6, 6.07) is 0. The van der Waals surface area contributed by atoms with Crippen molar-refractivity contribution in [3.63, 3.8) is 0 Å². The third kappa shape index (κ3) is 3.21. The Hall–Kier alpha value is -2.11. The lowest BCUT2D eigenvalue weighted by molar-refractivity contribution is 0.0991. The van der Waals surface area contributed by atoms with Gasteiger partial charge in [-0.15, -0.1) is 0 Å². The number of carbonyl (C=O) groups is 2. The molecule has 2 N–H and O–H groups in total. The molecule has 1 amide bonds. The lowest BCUT2D eigenvalue weighted by Crippen LogP contribution is -2.15. The number of carbonyl (C=O) groups excluding carboxylic acids is 2. The summed E-state index contributed by atoms with van der Waals surface area (Å²) in [4.78, 5) is 26.4. The summed E-state index contributed by atoms with van der Waals surface area (Å²) in [6.07, 6.45) is 5.95. The van der Waals surface area contributed by atoms with Crippen molar-refractivity contribution in [1.29, 1.82) is 0 Å². The fourth-order valence-corrected chi connectivity index (χ4v) is 2.81. The highest BCUT2D eigenvalue weighted by Crippen LogP contribution is 2.27. The van der Waals surface area contributed by atoms with Crippen molar-refractivity contribution in [3.05, 3.63) is 28.7 Å². The van der Waals surface area contributed by atoms with Crippen LogP contribution >= 0.6 is 0 Å². The standard InChI is InChI=1S/C16H24N4O2/c1-4-5-9-20-14-12(13(18-20)16(17)22)8-6-7-11(15(14)21)10-19(2)3/h10H,4-9H2,1-3H3,(H2,17,22)/b11-10+. The average Bonchev–Trinajstić information content (AvgIpc) is 2.74. The minimum absolute atomic E-state index is 0.0303. The molecule has 22 heavy (non-hydrogen) atoms. The molecule has 0 spiro atoms. The predicted octanol–water partition coefficient (Wildman–Crippen LogP) is 1.75. The van der Waals surface area contributed by atoms with Crippen LogP contribution in [0.5, 0.6) is 0 Å². The summed E-state index contributed by atoms with van der Waals surface area (Å²) < 4.78 is 1.68. The van der Waals surface area contributed by atoms with Crippen LogP contribution < -0.4 is 5.73 Å². The number of aryl methyl sites for hydroxylation is 1. The van der Waals surface area contributed by atoms with Crippen LogP contribution in [-0.4, -0.2) is 40.5 Å². The van der Waals surface area contributed by atoms with Gasteiger partial charge in [-0.2, -0.15) is 5.10 Å². The van der Waals surface area contributed by atoms with Gasteiger partial charge >= 0.3 is 0 Å². The number of unbranched alkanes of at least 4 members (excludes halogenated alkanes) is 1. The van der Waals surface area contributed by atoms with Crippen molar-refractivity contribution in [1.82, 2.24) is 14.7 Å². The van der Waals surface area contributed by atoms with Crippen molar-refractivity contribution < 1.29 is 9.59 Å². The first-order chi connectivity index (χ1) is 10.5. The van der Waals surface area contributed by atoms with E-state index in [-0.39, 0.29) is 11.5 Å². The van der Waals surface area contributed by atoms with Gasteiger partial charge in [-0.3, -0.25) is 14.3 Å². The normalized spacial score (nSPS) is 16.5. The van der Waals surface area contributed by atoms with Gasteiger partial charge in [0.15, 0.2) is 5.69 Å². The molecule has 0 atom stereocenters. The van der Waals surface area contributed by atoms with Crippen molar-refractivity contribution in [2.45, 2.75) is 45.6 Å². The number of nitrogens with two attached hydrogens (primary N) is 1. The highest BCUT2D eigenvalue weighted by Gasteiger charge is 2.29. The van der Waals surface area contributed by atoms with Gasteiger partial charge in [0.1, 0.15) is 5.69 Å². The molecule has 1 aromatic heterocycles. The fourth-order valence-electron chi connectivity index (χ4n) is 2.81. The Morgan fingerprint density at radius 1 is 1.41 bits per heavy atom. The van der Waals surface area contributed by atoms with E-state index < -0.39 is 5.91 Å². The highest BCUT2D eigenvalue weighted by molar-refractivity contribution is 6.10. The summed E-state index contributed by atoms with van der Waals surface area (Å²) in [7, 11) is 3.80. The Morgan fingerprint density at radius 2 is 2.14 bits per heavy atom. The molecule has 0 unspecified atom stereocenters. The average molecular weight is 304 g/mol. The van der Waals surface area contributed by atoms with Gasteiger partial charge in [0.2, 0.25) is 5.78 Å². The summed E-state index contributed by atoms with van der Waals surface area (Å²) in [6.45, 7) is 2.71. The minimum atomic E-state index is -0.556. The molecule has 0 aliphatic heterocycles. The van der Waals surface area contributed by atoms with E-state index in [1.807, 2.05) is 25.2 Å². The zero-order chi connectivity index (χ0) is 16.3. The molecule has 120 valence electrons. The number of ketones is 1. The van der Waals surface area contributed by atoms with Gasteiger partial charge in [0, 0.05) is 38.0 Å². The number of fused-ring (bicyclic) bond motifs is 1. The van der Waals surface area contributed by atoms with Crippen LogP contribution in [0, 0.1) is 0 Å². The largest absolute Gasteiger partial charge is 0.383 e. The quantitative estimate of drug-likeness (QED) is 0.663. The van der Waals surface area contributed by atoms with Crippen LogP contribution in [0.25, 0.3) is 0 Å². The van der Waals surface area contributed by atoms with Crippen LogP contribution in [0.4, 0.5) is 0 Å². The van der Waals surface area contributed by atoms with E-state index >= 15 is 0 Å². The van der Waals surface area contributed by atoms with E-state index in [1.54, 1.807) is 4.68 Å². The second-order valence-corrected chi connectivity index (χ2v) is 5.92. The monoisotopic (exact) mass is 304 g/mol. The molecule has 6 heteroatoms. The molecular weight excluding hydrogens is 280 g/mol. The molecule has 1 heterocycles. The van der Waals surface area contributed by atoms with Gasteiger partial charge in [-0.25, -0.2) is 0 Å². The van der Waals surface area contributed by atoms with Crippen LogP contribution in [0.1, 0.15) is 59.1 Å². The van der Waals surface area contributed by atoms with E-state index in [0.29, 0.717) is 25.1 Å². The first-order valence-electron chi connectivity index (χ1n) is 7.77. The topological polar surface area (TPSA) is 81.2 Å². The molecule has 0 saturated carbocycles. The Morgan fingerprint density at radius 3 is 2.73 bits per heavy atom. The van der Waals surface area contributed by atoms with Crippen LogP contribution in [0.15, 0.2) is 11.8 Å². The predicted molar refractivity (Wildman–Crippen MR) is 84.7 cm³/mol. The number of rotatable bonds is 5. The summed E-state index contributed by atoms with van der Waals surface area (Å²) in [5, 5.41) is 4.31. The van der Waals surface area contributed by atoms with Gasteiger partial charge in [0.05, 0.1) is 0 Å². The van der Waals surface area contributed by atoms with Crippen LogP contribution in [0.2, 0.25) is 0 Å². The molecule has 1 aromatic rings. The van der Waals surface area contributed by atoms with Gasteiger partial charge < -0.3 is 10.6 Å². The van der Waals surface area contributed by atoms with Crippen molar-refractivity contribution in [2.24, 2.45) is 5.73 Å². The maximum absolute atomic E-state index is 12.9. The maximum Gasteiger partial charge on any atom is 0.269 e. The number of allylic oxidation sites excluding steroid dienone is 1. The van der Waals surface area contributed by atoms with E-state index in [9.17, 15) is 9.59 Å². The Balaban J connectivity index is 2.53. The zero-order valence-corrected chi connectivity index (χ0v) is 13.6. The lowest BCUT2D eigenvalue weighted by atomic mass is 10.1. The number of aromatic nitrogens is 2. The zero-order valence-electron chi connectivity index (χ0n) is 13.6. The van der Waals surface area contributed by atoms with E-state index in [4.69, 9.17) is 5.73 Å². The van der Waals surface area contributed by atoms with Crippen molar-refractivity contribution in [3.8, 4) is 0 Å². The number of amides is 1. The van der Waals surface area contributed by atoms with Gasteiger partial charge in [-0.05, 0) is 25.7 Å². The molecule has 1 aliphatic rings. The minimum Gasteiger partial charge on any atom is -0.383 e. The smallest absolute Gasteiger partial charge is 0.269 e. The fraction of sp³-hybridized carbons (Fsp3) is 0.562. The molecule has 0 saturated heterocycles. The van der Waals surface area contributed by atoms with E-state index in [0.717, 1.165) is 30.4 Å². The summed E-state index contributed by atoms with van der Waals surface area (Å²) in [5.41, 5.74) is 7.73. The molecule has 1 aliphatic carbocycles. The first-order valence-corrected chi connectivity index (χ1v) is 7.77. The lowest BCUT2D eigenvalue weighted by Gasteiger charge is -2.11. The number of Topliss-reactive ketones (excluding diaryl/α,β-unsaturated/α-hetero) is 1. The Labute approximate surface area is 131 Å². The van der Waals surface area contributed by atoms with Gasteiger partial charge in [0.25, 0.3) is 5.91 Å². The third-order valence-electron chi connectivity index (χ3n) is 3.80. The van der Waals surface area contributed by atoms with E-state index in [2.05, 4.69) is 12.0 Å². The van der Waals surface area contributed by atoms with Gasteiger partial charge in [-0.1, -0.05) is 13.3 Å². The highest BCUT2D eigenvalue weighted by atomic mass is 16.1. The number of hydrogen-bond donors (Lipinski definition) is 1. The molecule has 2 rings (SSSR count). The van der Waals surface area contributed by atoms with E-state index in [1.165, 1.54) is 0 Å². The Bertz CT molecular complexity index is 614. The van der Waals surface area contributed by atoms with Crippen molar-refractivity contribution in [2.75, 3.05) is 14.1 Å². The Kier molecular flexibility index (Phi) is 5.00. The second kappa shape index (κ2) is 6.77. The SMILES string of the molecule is CCCCn1nc(C(N)=O)c2c1C(=O)/C(=C/N(C)C)CCC2. The molecule has 0 bridgehead atoms. The molecular formula is C16H24N4O2. The first kappa shape index (κ1) is 16.3. The summed E-state index contributed by atoms with van der Waals surface area (Å²) >= 11 is 0. The number of nitrogens with zero attached hydrogens (tertiary/aromatic N) is 3. The maximum atomic E-state index is 12.9. The molecule has 0 fully saturated rings. The van der Waals surface area contributed by atoms with Crippen LogP contribution in [0.3, 0.4) is 0 Å². The number of hydrogen-bond acceptors (Lipinski definition) is 4. The molecule has 0 aromatic carbocycles. The third-order valence-corrected chi connectivity index (χ3v) is 3.80.